The number of hydrogen-bond donors (Lipinski definition) is 4. The Morgan fingerprint density at radius 2 is 1.68 bits per heavy atom. The number of carboxylic acid groups (broad SMARTS) is 1. The van der Waals surface area contributed by atoms with Crippen LogP contribution in [0.3, 0.4) is 0 Å². The van der Waals surface area contributed by atoms with Gasteiger partial charge in [0, 0.05) is 16.8 Å². The normalized spacial score (nSPS) is 10.6. The number of thioether (sulfide) groups is 1. The molecule has 0 aliphatic rings. The number of benzene rings is 2. The van der Waals surface area contributed by atoms with Crippen LogP contribution < -0.4 is 5.32 Å². The highest BCUT2D eigenvalue weighted by molar-refractivity contribution is 8.00. The van der Waals surface area contributed by atoms with Gasteiger partial charge in [-0.25, -0.2) is 4.79 Å². The molecule has 3 rings (SSSR count). The molecule has 7 nitrogen and oxygen atoms in total. The predicted octanol–water partition coefficient (Wildman–Crippen LogP) is 3.97. The second-order valence-corrected chi connectivity index (χ2v) is 7.18. The van der Waals surface area contributed by atoms with Gasteiger partial charge in [-0.05, 0) is 48.5 Å². The van der Waals surface area contributed by atoms with E-state index in [2.05, 4.69) is 5.32 Å². The molecule has 1 amide bonds. The fraction of sp³-hybridized carbons (Fsp3) is 0.0526. The minimum atomic E-state index is -1.07. The molecule has 0 atom stereocenters. The molecule has 0 radical (unpaired) electrons. The van der Waals surface area contributed by atoms with Crippen LogP contribution >= 0.6 is 23.4 Å². The number of anilines is 1. The van der Waals surface area contributed by atoms with E-state index in [0.717, 1.165) is 16.3 Å². The van der Waals surface area contributed by atoms with Crippen molar-refractivity contribution in [3.05, 3.63) is 65.2 Å². The first-order valence-corrected chi connectivity index (χ1v) is 9.37. The number of aromatic carboxylic acids is 1. The molecule has 0 bridgehead atoms. The van der Waals surface area contributed by atoms with E-state index in [1.807, 2.05) is 0 Å². The number of halogens is 1. The van der Waals surface area contributed by atoms with Gasteiger partial charge in [0.2, 0.25) is 11.8 Å². The maximum absolute atomic E-state index is 12.1. The SMILES string of the molecule is O=C(CSc1cc(O)n(-c2ccc(C(=O)O)cc2)c1O)Nc1ccc(Cl)cc1. The van der Waals surface area contributed by atoms with E-state index in [0.29, 0.717) is 21.3 Å². The number of nitrogens with one attached hydrogen (secondary N) is 1. The first-order chi connectivity index (χ1) is 13.3. The van der Waals surface area contributed by atoms with Gasteiger partial charge in [0.25, 0.3) is 0 Å². The van der Waals surface area contributed by atoms with Crippen LogP contribution in [0.4, 0.5) is 5.69 Å². The average molecular weight is 419 g/mol. The molecular formula is C19H15ClN2O5S. The molecule has 0 saturated carbocycles. The summed E-state index contributed by atoms with van der Waals surface area (Å²) in [5.74, 6) is -1.83. The molecule has 144 valence electrons. The fourth-order valence-electron chi connectivity index (χ4n) is 2.45. The Bertz CT molecular complexity index is 1020. The highest BCUT2D eigenvalue weighted by Gasteiger charge is 2.17. The summed E-state index contributed by atoms with van der Waals surface area (Å²) >= 11 is 6.85. The van der Waals surface area contributed by atoms with Gasteiger partial charge in [0.1, 0.15) is 0 Å². The van der Waals surface area contributed by atoms with E-state index in [4.69, 9.17) is 16.7 Å². The first kappa shape index (κ1) is 19.7. The third-order valence-electron chi connectivity index (χ3n) is 3.78. The maximum Gasteiger partial charge on any atom is 0.335 e. The molecule has 2 aromatic carbocycles. The van der Waals surface area contributed by atoms with Gasteiger partial charge >= 0.3 is 5.97 Å². The van der Waals surface area contributed by atoms with Crippen LogP contribution in [0.25, 0.3) is 5.69 Å². The van der Waals surface area contributed by atoms with Crippen LogP contribution in [-0.2, 0) is 4.79 Å². The monoisotopic (exact) mass is 418 g/mol. The molecule has 28 heavy (non-hydrogen) atoms. The Kier molecular flexibility index (Phi) is 5.81. The third-order valence-corrected chi connectivity index (χ3v) is 5.05. The molecule has 3 aromatic rings. The van der Waals surface area contributed by atoms with Crippen molar-refractivity contribution in [2.24, 2.45) is 0 Å². The lowest BCUT2D eigenvalue weighted by Crippen LogP contribution is -2.13. The standard InChI is InChI=1S/C19H15ClN2O5S/c20-12-3-5-13(6-4-12)21-16(23)10-28-15-9-17(24)22(18(15)25)14-7-1-11(2-8-14)19(26)27/h1-9,24-25H,10H2,(H,21,23)(H,26,27). The molecule has 0 saturated heterocycles. The summed E-state index contributed by atoms with van der Waals surface area (Å²) in [6, 6.07) is 13.6. The average Bonchev–Trinajstić information content (AvgIpc) is 2.95. The van der Waals surface area contributed by atoms with Gasteiger partial charge in [-0.1, -0.05) is 11.6 Å². The van der Waals surface area contributed by atoms with Gasteiger partial charge in [0.05, 0.1) is 21.9 Å². The number of carbonyl (C=O) groups is 2. The molecule has 0 unspecified atom stereocenters. The molecule has 0 aliphatic heterocycles. The van der Waals surface area contributed by atoms with E-state index in [1.54, 1.807) is 24.3 Å². The van der Waals surface area contributed by atoms with Crippen molar-refractivity contribution >= 4 is 40.9 Å². The fourth-order valence-corrected chi connectivity index (χ4v) is 3.35. The van der Waals surface area contributed by atoms with Crippen LogP contribution in [0.5, 0.6) is 11.8 Å². The van der Waals surface area contributed by atoms with E-state index in [1.165, 1.54) is 30.3 Å². The van der Waals surface area contributed by atoms with E-state index >= 15 is 0 Å². The maximum atomic E-state index is 12.1. The van der Waals surface area contributed by atoms with E-state index in [-0.39, 0.29) is 29.0 Å². The quantitative estimate of drug-likeness (QED) is 0.451. The second kappa shape index (κ2) is 8.28. The summed E-state index contributed by atoms with van der Waals surface area (Å²) < 4.78 is 1.16. The summed E-state index contributed by atoms with van der Waals surface area (Å²) in [4.78, 5) is 23.3. The summed E-state index contributed by atoms with van der Waals surface area (Å²) in [6.07, 6.45) is 0. The number of aromatic hydroxyl groups is 2. The van der Waals surface area contributed by atoms with E-state index < -0.39 is 5.97 Å². The lowest BCUT2D eigenvalue weighted by Gasteiger charge is -2.08. The topological polar surface area (TPSA) is 112 Å². The number of carboxylic acids is 1. The molecule has 0 fully saturated rings. The lowest BCUT2D eigenvalue weighted by atomic mass is 10.2. The third kappa shape index (κ3) is 4.41. The van der Waals surface area contributed by atoms with Crippen molar-refractivity contribution in [3.63, 3.8) is 0 Å². The number of hydrogen-bond acceptors (Lipinski definition) is 5. The van der Waals surface area contributed by atoms with Crippen molar-refractivity contribution in [1.29, 1.82) is 0 Å². The van der Waals surface area contributed by atoms with Crippen molar-refractivity contribution < 1.29 is 24.9 Å². The Labute approximate surface area is 169 Å². The minimum Gasteiger partial charge on any atom is -0.494 e. The van der Waals surface area contributed by atoms with Crippen LogP contribution in [0.2, 0.25) is 5.02 Å². The summed E-state index contributed by atoms with van der Waals surface area (Å²) in [5.41, 5.74) is 1.07. The van der Waals surface area contributed by atoms with Crippen LogP contribution in [0, 0.1) is 0 Å². The Balaban J connectivity index is 1.70. The number of nitrogens with zero attached hydrogens (tertiary/aromatic N) is 1. The Morgan fingerprint density at radius 3 is 2.29 bits per heavy atom. The molecule has 4 N–H and O–H groups in total. The minimum absolute atomic E-state index is 0.0115. The van der Waals surface area contributed by atoms with Gasteiger partial charge in [0.15, 0.2) is 5.88 Å². The molecule has 9 heteroatoms. The number of amides is 1. The number of carbonyl (C=O) groups excluding carboxylic acids is 1. The van der Waals surface area contributed by atoms with Crippen LogP contribution in [0.15, 0.2) is 59.5 Å². The molecular weight excluding hydrogens is 404 g/mol. The zero-order valence-electron chi connectivity index (χ0n) is 14.3. The van der Waals surface area contributed by atoms with Gasteiger partial charge in [-0.2, -0.15) is 0 Å². The largest absolute Gasteiger partial charge is 0.494 e. The highest BCUT2D eigenvalue weighted by Crippen LogP contribution is 2.37. The summed E-state index contributed by atoms with van der Waals surface area (Å²) in [6.45, 7) is 0. The van der Waals surface area contributed by atoms with Gasteiger partial charge in [-0.3, -0.25) is 9.36 Å². The van der Waals surface area contributed by atoms with Crippen molar-refractivity contribution in [1.82, 2.24) is 4.57 Å². The lowest BCUT2D eigenvalue weighted by molar-refractivity contribution is -0.113. The number of aromatic nitrogens is 1. The van der Waals surface area contributed by atoms with Crippen molar-refractivity contribution in [2.75, 3.05) is 11.1 Å². The molecule has 0 spiro atoms. The zero-order valence-corrected chi connectivity index (χ0v) is 15.9. The van der Waals surface area contributed by atoms with Crippen molar-refractivity contribution in [2.45, 2.75) is 4.90 Å². The van der Waals surface area contributed by atoms with Crippen LogP contribution in [0.1, 0.15) is 10.4 Å². The van der Waals surface area contributed by atoms with Crippen molar-refractivity contribution in [3.8, 4) is 17.4 Å². The Hall–Kier alpha value is -3.10. The second-order valence-electron chi connectivity index (χ2n) is 5.72. The highest BCUT2D eigenvalue weighted by atomic mass is 35.5. The predicted molar refractivity (Wildman–Crippen MR) is 107 cm³/mol. The number of rotatable bonds is 6. The summed E-state index contributed by atoms with van der Waals surface area (Å²) in [5, 5.41) is 32.7. The first-order valence-electron chi connectivity index (χ1n) is 8.01. The van der Waals surface area contributed by atoms with Gasteiger partial charge < -0.3 is 20.6 Å². The smallest absolute Gasteiger partial charge is 0.335 e. The Morgan fingerprint density at radius 1 is 1.04 bits per heavy atom. The molecule has 0 aliphatic carbocycles. The summed E-state index contributed by atoms with van der Waals surface area (Å²) in [7, 11) is 0. The van der Waals surface area contributed by atoms with Gasteiger partial charge in [-0.15, -0.1) is 11.8 Å². The molecule has 1 aromatic heterocycles. The van der Waals surface area contributed by atoms with E-state index in [9.17, 15) is 19.8 Å². The van der Waals surface area contributed by atoms with Crippen LogP contribution in [-0.4, -0.2) is 37.5 Å². The zero-order chi connectivity index (χ0) is 20.3. The molecule has 1 heterocycles.